The Labute approximate surface area is 110 Å². The first-order valence-corrected chi connectivity index (χ1v) is 6.62. The summed E-state index contributed by atoms with van der Waals surface area (Å²) in [6, 6.07) is 8.26. The van der Waals surface area contributed by atoms with Gasteiger partial charge in [-0.1, -0.05) is 25.5 Å². The van der Waals surface area contributed by atoms with Crippen molar-refractivity contribution in [2.45, 2.75) is 44.8 Å². The molecule has 0 amide bonds. The molecule has 0 spiro atoms. The molecule has 0 radical (unpaired) electrons. The third-order valence-electron chi connectivity index (χ3n) is 3.28. The predicted octanol–water partition coefficient (Wildman–Crippen LogP) is 2.77. The molecule has 0 saturated heterocycles. The molecule has 0 aromatic heterocycles. The van der Waals surface area contributed by atoms with Crippen LogP contribution in [0, 0.1) is 0 Å². The van der Waals surface area contributed by atoms with Gasteiger partial charge in [0.1, 0.15) is 5.75 Å². The van der Waals surface area contributed by atoms with Gasteiger partial charge in [-0.2, -0.15) is 0 Å². The number of hydrogen-bond donors (Lipinski definition) is 1. The van der Waals surface area contributed by atoms with E-state index in [1.54, 1.807) is 14.2 Å². The molecule has 102 valence electrons. The van der Waals surface area contributed by atoms with Crippen molar-refractivity contribution in [1.29, 1.82) is 0 Å². The van der Waals surface area contributed by atoms with Gasteiger partial charge in [-0.05, 0) is 37.0 Å². The van der Waals surface area contributed by atoms with Crippen molar-refractivity contribution in [3.63, 3.8) is 0 Å². The molecule has 1 aromatic carbocycles. The van der Waals surface area contributed by atoms with E-state index in [0.29, 0.717) is 0 Å². The minimum absolute atomic E-state index is 0.108. The lowest BCUT2D eigenvalue weighted by molar-refractivity contribution is 0.0703. The highest BCUT2D eigenvalue weighted by Gasteiger charge is 2.15. The summed E-state index contributed by atoms with van der Waals surface area (Å²) >= 11 is 0. The number of ether oxygens (including phenoxy) is 2. The largest absolute Gasteiger partial charge is 0.497 e. The van der Waals surface area contributed by atoms with E-state index >= 15 is 0 Å². The van der Waals surface area contributed by atoms with E-state index in [0.717, 1.165) is 31.4 Å². The van der Waals surface area contributed by atoms with Crippen LogP contribution in [-0.4, -0.2) is 26.4 Å². The van der Waals surface area contributed by atoms with Crippen molar-refractivity contribution in [2.24, 2.45) is 5.73 Å². The number of hydrogen-bond acceptors (Lipinski definition) is 3. The summed E-state index contributed by atoms with van der Waals surface area (Å²) in [5.41, 5.74) is 7.46. The highest BCUT2D eigenvalue weighted by atomic mass is 16.5. The van der Waals surface area contributed by atoms with Crippen LogP contribution < -0.4 is 10.5 Å². The molecular formula is C15H25NO2. The molecule has 0 heterocycles. The van der Waals surface area contributed by atoms with Gasteiger partial charge < -0.3 is 15.2 Å². The highest BCUT2D eigenvalue weighted by molar-refractivity contribution is 5.27. The second-order valence-corrected chi connectivity index (χ2v) is 4.61. The SMILES string of the molecule is CCCC(OC)C(N)CCc1ccc(OC)cc1. The Hall–Kier alpha value is -1.06. The smallest absolute Gasteiger partial charge is 0.118 e. The number of aryl methyl sites for hydroxylation is 1. The van der Waals surface area contributed by atoms with Gasteiger partial charge >= 0.3 is 0 Å². The molecule has 2 unspecified atom stereocenters. The number of rotatable bonds is 8. The van der Waals surface area contributed by atoms with Crippen molar-refractivity contribution in [2.75, 3.05) is 14.2 Å². The van der Waals surface area contributed by atoms with Crippen LogP contribution in [0.3, 0.4) is 0 Å². The van der Waals surface area contributed by atoms with E-state index in [4.69, 9.17) is 15.2 Å². The first-order chi connectivity index (χ1) is 8.71. The van der Waals surface area contributed by atoms with Gasteiger partial charge in [-0.25, -0.2) is 0 Å². The molecule has 1 aromatic rings. The van der Waals surface area contributed by atoms with E-state index in [1.165, 1.54) is 5.56 Å². The van der Waals surface area contributed by atoms with Gasteiger partial charge in [0.25, 0.3) is 0 Å². The van der Waals surface area contributed by atoms with Crippen LogP contribution in [0.5, 0.6) is 5.75 Å². The van der Waals surface area contributed by atoms with Gasteiger partial charge in [-0.15, -0.1) is 0 Å². The molecule has 0 saturated carbocycles. The summed E-state index contributed by atoms with van der Waals surface area (Å²) in [7, 11) is 3.42. The fourth-order valence-electron chi connectivity index (χ4n) is 2.10. The maximum Gasteiger partial charge on any atom is 0.118 e. The molecule has 2 N–H and O–H groups in total. The van der Waals surface area contributed by atoms with Crippen molar-refractivity contribution in [1.82, 2.24) is 0 Å². The summed E-state index contributed by atoms with van der Waals surface area (Å²) in [4.78, 5) is 0. The zero-order chi connectivity index (χ0) is 13.4. The maximum atomic E-state index is 6.17. The van der Waals surface area contributed by atoms with Crippen LogP contribution in [0.1, 0.15) is 31.7 Å². The van der Waals surface area contributed by atoms with Crippen LogP contribution in [0.2, 0.25) is 0 Å². The van der Waals surface area contributed by atoms with Gasteiger partial charge in [0.15, 0.2) is 0 Å². The lowest BCUT2D eigenvalue weighted by atomic mass is 9.99. The summed E-state index contributed by atoms with van der Waals surface area (Å²) in [6.45, 7) is 2.15. The molecular weight excluding hydrogens is 226 g/mol. The van der Waals surface area contributed by atoms with Gasteiger partial charge in [-0.3, -0.25) is 0 Å². The van der Waals surface area contributed by atoms with E-state index in [9.17, 15) is 0 Å². The Bertz CT molecular complexity index is 324. The summed E-state index contributed by atoms with van der Waals surface area (Å²) < 4.78 is 10.6. The highest BCUT2D eigenvalue weighted by Crippen LogP contribution is 2.15. The van der Waals surface area contributed by atoms with Crippen molar-refractivity contribution >= 4 is 0 Å². The van der Waals surface area contributed by atoms with E-state index in [-0.39, 0.29) is 12.1 Å². The Balaban J connectivity index is 2.42. The second kappa shape index (κ2) is 8.11. The van der Waals surface area contributed by atoms with Crippen molar-refractivity contribution < 1.29 is 9.47 Å². The quantitative estimate of drug-likeness (QED) is 0.772. The molecule has 0 aliphatic carbocycles. The van der Waals surface area contributed by atoms with Gasteiger partial charge in [0, 0.05) is 13.2 Å². The average Bonchev–Trinajstić information content (AvgIpc) is 2.42. The Morgan fingerprint density at radius 3 is 2.28 bits per heavy atom. The standard InChI is InChI=1S/C15H25NO2/c1-4-5-15(18-3)14(16)11-8-12-6-9-13(17-2)10-7-12/h6-7,9-10,14-15H,4-5,8,11,16H2,1-3H3. The van der Waals surface area contributed by atoms with Gasteiger partial charge in [0.2, 0.25) is 0 Å². The van der Waals surface area contributed by atoms with Crippen LogP contribution in [0.25, 0.3) is 0 Å². The summed E-state index contributed by atoms with van der Waals surface area (Å²) in [5, 5.41) is 0. The third kappa shape index (κ3) is 4.67. The van der Waals surface area contributed by atoms with E-state index in [1.807, 2.05) is 12.1 Å². The first-order valence-electron chi connectivity index (χ1n) is 6.62. The number of benzene rings is 1. The topological polar surface area (TPSA) is 44.5 Å². The monoisotopic (exact) mass is 251 g/mol. The third-order valence-corrected chi connectivity index (χ3v) is 3.28. The van der Waals surface area contributed by atoms with Crippen LogP contribution in [-0.2, 0) is 11.2 Å². The van der Waals surface area contributed by atoms with E-state index < -0.39 is 0 Å². The second-order valence-electron chi connectivity index (χ2n) is 4.61. The lowest BCUT2D eigenvalue weighted by Crippen LogP contribution is -2.36. The molecule has 0 bridgehead atoms. The molecule has 3 nitrogen and oxygen atoms in total. The summed E-state index contributed by atoms with van der Waals surface area (Å²) in [5.74, 6) is 0.892. The normalized spacial score (nSPS) is 14.2. The molecule has 2 atom stereocenters. The fraction of sp³-hybridized carbons (Fsp3) is 0.600. The van der Waals surface area contributed by atoms with Crippen LogP contribution in [0.15, 0.2) is 24.3 Å². The van der Waals surface area contributed by atoms with Crippen molar-refractivity contribution in [3.05, 3.63) is 29.8 Å². The van der Waals surface area contributed by atoms with Crippen molar-refractivity contribution in [3.8, 4) is 5.75 Å². The Morgan fingerprint density at radius 2 is 1.78 bits per heavy atom. The predicted molar refractivity (Wildman–Crippen MR) is 75.0 cm³/mol. The first kappa shape index (κ1) is 15.0. The van der Waals surface area contributed by atoms with E-state index in [2.05, 4.69) is 19.1 Å². The number of methoxy groups -OCH3 is 2. The zero-order valence-electron chi connectivity index (χ0n) is 11.7. The summed E-state index contributed by atoms with van der Waals surface area (Å²) in [6.07, 6.45) is 4.24. The average molecular weight is 251 g/mol. The molecule has 3 heteroatoms. The minimum Gasteiger partial charge on any atom is -0.497 e. The molecule has 0 fully saturated rings. The van der Waals surface area contributed by atoms with Gasteiger partial charge in [0.05, 0.1) is 13.2 Å². The van der Waals surface area contributed by atoms with Crippen LogP contribution >= 0.6 is 0 Å². The zero-order valence-corrected chi connectivity index (χ0v) is 11.7. The molecule has 0 aliphatic rings. The Morgan fingerprint density at radius 1 is 1.11 bits per heavy atom. The van der Waals surface area contributed by atoms with Crippen LogP contribution in [0.4, 0.5) is 0 Å². The molecule has 18 heavy (non-hydrogen) atoms. The maximum absolute atomic E-state index is 6.17. The Kier molecular flexibility index (Phi) is 6.76. The molecule has 0 aliphatic heterocycles. The number of nitrogens with two attached hydrogens (primary N) is 1. The fourth-order valence-corrected chi connectivity index (χ4v) is 2.10. The molecule has 1 rings (SSSR count). The lowest BCUT2D eigenvalue weighted by Gasteiger charge is -2.22. The minimum atomic E-state index is 0.108.